The van der Waals surface area contributed by atoms with Crippen LogP contribution in [0, 0.1) is 5.95 Å². The molecule has 0 saturated heterocycles. The third kappa shape index (κ3) is 2.35. The first-order valence-corrected chi connectivity index (χ1v) is 5.01. The van der Waals surface area contributed by atoms with Crippen molar-refractivity contribution in [3.05, 3.63) is 40.9 Å². The Morgan fingerprint density at radius 3 is 2.87 bits per heavy atom. The molecule has 0 atom stereocenters. The Balaban J connectivity index is 2.09. The van der Waals surface area contributed by atoms with Crippen molar-refractivity contribution in [2.24, 2.45) is 0 Å². The Morgan fingerprint density at radius 2 is 2.27 bits per heavy atom. The number of rotatable bonds is 2. The van der Waals surface area contributed by atoms with E-state index in [1.165, 1.54) is 29.7 Å². The lowest BCUT2D eigenvalue weighted by Crippen LogP contribution is -2.12. The molecule has 0 aliphatic heterocycles. The number of nitrogens with one attached hydrogen (secondary N) is 1. The van der Waals surface area contributed by atoms with Crippen molar-refractivity contribution < 1.29 is 9.18 Å². The van der Waals surface area contributed by atoms with Gasteiger partial charge in [0.15, 0.2) is 0 Å². The van der Waals surface area contributed by atoms with E-state index in [-0.39, 0.29) is 5.91 Å². The van der Waals surface area contributed by atoms with E-state index in [4.69, 9.17) is 0 Å². The van der Waals surface area contributed by atoms with Gasteiger partial charge in [-0.2, -0.15) is 4.39 Å². The van der Waals surface area contributed by atoms with Crippen LogP contribution in [0.5, 0.6) is 0 Å². The van der Waals surface area contributed by atoms with Crippen molar-refractivity contribution in [2.45, 2.75) is 0 Å². The highest BCUT2D eigenvalue weighted by Gasteiger charge is 2.07. The first-order valence-electron chi connectivity index (χ1n) is 4.07. The smallest absolute Gasteiger partial charge is 0.275 e. The second-order valence-corrected chi connectivity index (χ2v) is 3.42. The van der Waals surface area contributed by atoms with Gasteiger partial charge in [0.2, 0.25) is 5.95 Å². The molecule has 15 heavy (non-hydrogen) atoms. The Hall–Kier alpha value is -1.82. The van der Waals surface area contributed by atoms with Crippen molar-refractivity contribution in [3.63, 3.8) is 0 Å². The number of hydrogen-bond acceptors (Lipinski definition) is 4. The van der Waals surface area contributed by atoms with Crippen molar-refractivity contribution >= 4 is 22.9 Å². The standard InChI is InChI=1S/C9H6FN3OS/c10-8-2-1-6(3-11-8)13-9(14)7-4-15-5-12-7/h1-5H,(H,13,14). The summed E-state index contributed by atoms with van der Waals surface area (Å²) in [6.07, 6.45) is 1.25. The molecule has 2 aromatic rings. The molecule has 0 aliphatic rings. The Labute approximate surface area is 88.8 Å². The highest BCUT2D eigenvalue weighted by molar-refractivity contribution is 7.07. The molecular formula is C9H6FN3OS. The van der Waals surface area contributed by atoms with Crippen LogP contribution < -0.4 is 5.32 Å². The Morgan fingerprint density at radius 1 is 1.40 bits per heavy atom. The summed E-state index contributed by atoms with van der Waals surface area (Å²) in [6.45, 7) is 0. The van der Waals surface area contributed by atoms with Crippen LogP contribution in [-0.2, 0) is 0 Å². The average Bonchev–Trinajstić information content (AvgIpc) is 2.74. The van der Waals surface area contributed by atoms with Crippen molar-refractivity contribution in [1.82, 2.24) is 9.97 Å². The number of carbonyl (C=O) groups is 1. The van der Waals surface area contributed by atoms with E-state index in [0.29, 0.717) is 11.4 Å². The van der Waals surface area contributed by atoms with Gasteiger partial charge >= 0.3 is 0 Å². The number of nitrogens with zero attached hydrogens (tertiary/aromatic N) is 2. The lowest BCUT2D eigenvalue weighted by Gasteiger charge is -2.01. The minimum absolute atomic E-state index is 0.329. The highest BCUT2D eigenvalue weighted by Crippen LogP contribution is 2.08. The van der Waals surface area contributed by atoms with Crippen LogP contribution >= 0.6 is 11.3 Å². The minimum atomic E-state index is -0.582. The highest BCUT2D eigenvalue weighted by atomic mass is 32.1. The van der Waals surface area contributed by atoms with Gasteiger partial charge in [0.25, 0.3) is 5.91 Å². The molecule has 6 heteroatoms. The van der Waals surface area contributed by atoms with Crippen LogP contribution in [0.25, 0.3) is 0 Å². The van der Waals surface area contributed by atoms with Gasteiger partial charge in [0.05, 0.1) is 17.4 Å². The fourth-order valence-corrected chi connectivity index (χ4v) is 1.50. The van der Waals surface area contributed by atoms with E-state index < -0.39 is 5.95 Å². The molecule has 1 amide bonds. The molecule has 0 fully saturated rings. The maximum atomic E-state index is 12.5. The third-order valence-corrected chi connectivity index (χ3v) is 2.24. The molecule has 2 heterocycles. The van der Waals surface area contributed by atoms with Crippen LogP contribution in [0.3, 0.4) is 0 Å². The number of pyridine rings is 1. The fourth-order valence-electron chi connectivity index (χ4n) is 0.970. The van der Waals surface area contributed by atoms with Gasteiger partial charge in [-0.05, 0) is 12.1 Å². The van der Waals surface area contributed by atoms with Gasteiger partial charge in [-0.1, -0.05) is 0 Å². The summed E-state index contributed by atoms with van der Waals surface area (Å²) in [7, 11) is 0. The number of amides is 1. The Bertz CT molecular complexity index is 455. The van der Waals surface area contributed by atoms with E-state index >= 15 is 0 Å². The minimum Gasteiger partial charge on any atom is -0.319 e. The molecule has 0 radical (unpaired) electrons. The van der Waals surface area contributed by atoms with E-state index in [1.54, 1.807) is 10.9 Å². The first kappa shape index (κ1) is 9.72. The second kappa shape index (κ2) is 4.14. The van der Waals surface area contributed by atoms with E-state index in [2.05, 4.69) is 15.3 Å². The molecule has 0 saturated carbocycles. The lowest BCUT2D eigenvalue weighted by atomic mass is 10.4. The predicted octanol–water partition coefficient (Wildman–Crippen LogP) is 1.93. The van der Waals surface area contributed by atoms with Crippen LogP contribution in [0.1, 0.15) is 10.5 Å². The third-order valence-electron chi connectivity index (χ3n) is 1.65. The van der Waals surface area contributed by atoms with E-state index in [9.17, 15) is 9.18 Å². The van der Waals surface area contributed by atoms with Crippen LogP contribution in [0.4, 0.5) is 10.1 Å². The molecule has 76 valence electrons. The fraction of sp³-hybridized carbons (Fsp3) is 0. The summed E-state index contributed by atoms with van der Waals surface area (Å²) < 4.78 is 12.5. The molecule has 0 aromatic carbocycles. The van der Waals surface area contributed by atoms with Crippen molar-refractivity contribution in [2.75, 3.05) is 5.32 Å². The van der Waals surface area contributed by atoms with Gasteiger partial charge in [0.1, 0.15) is 5.69 Å². The predicted molar refractivity (Wildman–Crippen MR) is 54.3 cm³/mol. The molecule has 0 aliphatic carbocycles. The molecule has 2 aromatic heterocycles. The quantitative estimate of drug-likeness (QED) is 0.791. The van der Waals surface area contributed by atoms with Gasteiger partial charge in [-0.15, -0.1) is 11.3 Å². The van der Waals surface area contributed by atoms with Crippen molar-refractivity contribution in [3.8, 4) is 0 Å². The Kier molecular flexibility index (Phi) is 2.68. The van der Waals surface area contributed by atoms with Gasteiger partial charge in [-0.3, -0.25) is 4.79 Å². The number of thiazole rings is 1. The zero-order valence-corrected chi connectivity index (χ0v) is 8.29. The number of aromatic nitrogens is 2. The summed E-state index contributed by atoms with van der Waals surface area (Å²) in [6, 6.07) is 2.61. The number of hydrogen-bond donors (Lipinski definition) is 1. The summed E-state index contributed by atoms with van der Waals surface area (Å²) in [4.78, 5) is 18.7. The van der Waals surface area contributed by atoms with E-state index in [0.717, 1.165) is 0 Å². The maximum Gasteiger partial charge on any atom is 0.275 e. The molecule has 2 rings (SSSR count). The topological polar surface area (TPSA) is 54.9 Å². The second-order valence-electron chi connectivity index (χ2n) is 2.70. The number of halogens is 1. The number of anilines is 1. The summed E-state index contributed by atoms with van der Waals surface area (Å²) in [5.74, 6) is -0.911. The summed E-state index contributed by atoms with van der Waals surface area (Å²) >= 11 is 1.33. The van der Waals surface area contributed by atoms with Crippen LogP contribution in [-0.4, -0.2) is 15.9 Å². The number of carbonyl (C=O) groups excluding carboxylic acids is 1. The lowest BCUT2D eigenvalue weighted by molar-refractivity contribution is 0.102. The molecule has 0 unspecified atom stereocenters. The SMILES string of the molecule is O=C(Nc1ccc(F)nc1)c1cscn1. The summed E-state index contributed by atoms with van der Waals surface area (Å²) in [5, 5.41) is 4.18. The van der Waals surface area contributed by atoms with Crippen LogP contribution in [0.15, 0.2) is 29.2 Å². The normalized spacial score (nSPS) is 9.93. The van der Waals surface area contributed by atoms with Gasteiger partial charge in [-0.25, -0.2) is 9.97 Å². The maximum absolute atomic E-state index is 12.5. The molecular weight excluding hydrogens is 217 g/mol. The average molecular weight is 223 g/mol. The van der Waals surface area contributed by atoms with Gasteiger partial charge < -0.3 is 5.32 Å². The largest absolute Gasteiger partial charge is 0.319 e. The zero-order chi connectivity index (χ0) is 10.7. The monoisotopic (exact) mass is 223 g/mol. The summed E-state index contributed by atoms with van der Waals surface area (Å²) in [5.41, 5.74) is 2.34. The molecule has 0 spiro atoms. The molecule has 4 nitrogen and oxygen atoms in total. The zero-order valence-electron chi connectivity index (χ0n) is 7.48. The van der Waals surface area contributed by atoms with Crippen molar-refractivity contribution in [1.29, 1.82) is 0 Å². The molecule has 1 N–H and O–H groups in total. The molecule has 0 bridgehead atoms. The first-order chi connectivity index (χ1) is 7.25. The van der Waals surface area contributed by atoms with Gasteiger partial charge in [0, 0.05) is 5.38 Å². The van der Waals surface area contributed by atoms with Crippen LogP contribution in [0.2, 0.25) is 0 Å². The van der Waals surface area contributed by atoms with E-state index in [1.807, 2.05) is 0 Å².